The average Bonchev–Trinajstić information content (AvgIpc) is 2.29. The van der Waals surface area contributed by atoms with Gasteiger partial charge in [0.05, 0.1) is 5.69 Å². The van der Waals surface area contributed by atoms with Gasteiger partial charge < -0.3 is 4.42 Å². The molecule has 0 fully saturated rings. The molecule has 13 heavy (non-hydrogen) atoms. The van der Waals surface area contributed by atoms with Crippen LogP contribution in [0.1, 0.15) is 31.2 Å². The van der Waals surface area contributed by atoms with Crippen LogP contribution in [0.5, 0.6) is 0 Å². The van der Waals surface area contributed by atoms with Gasteiger partial charge in [-0.2, -0.15) is 13.2 Å². The molecule has 1 rings (SSSR count). The largest absolute Gasteiger partial charge is 0.451 e. The van der Waals surface area contributed by atoms with Crippen molar-refractivity contribution in [3.05, 3.63) is 22.0 Å². The van der Waals surface area contributed by atoms with Crippen LogP contribution in [-0.2, 0) is 6.18 Å². The van der Waals surface area contributed by atoms with E-state index in [9.17, 15) is 18.0 Å². The third-order valence-electron chi connectivity index (χ3n) is 1.51. The zero-order valence-corrected chi connectivity index (χ0v) is 7.03. The molecule has 0 saturated heterocycles. The molecule has 0 aromatic carbocycles. The van der Waals surface area contributed by atoms with Crippen LogP contribution in [0.4, 0.5) is 13.2 Å². The van der Waals surface area contributed by atoms with Crippen LogP contribution in [0.2, 0.25) is 0 Å². The number of H-pyrrole nitrogens is 1. The second-order valence-electron chi connectivity index (χ2n) is 2.91. The van der Waals surface area contributed by atoms with Gasteiger partial charge in [0.25, 0.3) is 0 Å². The van der Waals surface area contributed by atoms with E-state index >= 15 is 0 Å². The number of hydrogen-bond acceptors (Lipinski definition) is 2. The van der Waals surface area contributed by atoms with E-state index < -0.39 is 23.6 Å². The Bertz CT molecular complexity index is 347. The lowest BCUT2D eigenvalue weighted by molar-refractivity contribution is -0.154. The molecular weight excluding hydrogens is 187 g/mol. The predicted octanol–water partition coefficient (Wildman–Crippen LogP) is 2.11. The van der Waals surface area contributed by atoms with Crippen molar-refractivity contribution in [3.63, 3.8) is 0 Å². The highest BCUT2D eigenvalue weighted by atomic mass is 19.4. The van der Waals surface area contributed by atoms with Gasteiger partial charge in [0.2, 0.25) is 5.76 Å². The van der Waals surface area contributed by atoms with Crippen molar-refractivity contribution < 1.29 is 17.6 Å². The molecule has 0 spiro atoms. The van der Waals surface area contributed by atoms with E-state index in [1.54, 1.807) is 0 Å². The van der Waals surface area contributed by atoms with Gasteiger partial charge in [-0.15, -0.1) is 0 Å². The first kappa shape index (κ1) is 9.88. The van der Waals surface area contributed by atoms with Crippen LogP contribution in [0, 0.1) is 0 Å². The molecule has 0 aliphatic rings. The normalized spacial score (nSPS) is 12.5. The standard InChI is InChI=1S/C7H8F3NO2/c1-3(2)4-5(7(8,9)10)13-6(12)11-4/h3H,1-2H3,(H,11,12). The lowest BCUT2D eigenvalue weighted by atomic mass is 10.1. The molecule has 0 aliphatic heterocycles. The van der Waals surface area contributed by atoms with Crippen LogP contribution in [0.25, 0.3) is 0 Å². The number of alkyl halides is 3. The summed E-state index contributed by atoms with van der Waals surface area (Å²) in [6.45, 7) is 3.08. The van der Waals surface area contributed by atoms with Crippen LogP contribution in [-0.4, -0.2) is 4.98 Å². The Kier molecular flexibility index (Phi) is 2.23. The monoisotopic (exact) mass is 195 g/mol. The first-order valence-electron chi connectivity index (χ1n) is 3.62. The molecule has 6 heteroatoms. The Hall–Kier alpha value is -1.20. The molecule has 0 unspecified atom stereocenters. The van der Waals surface area contributed by atoms with Crippen molar-refractivity contribution in [2.24, 2.45) is 0 Å². The van der Waals surface area contributed by atoms with E-state index in [-0.39, 0.29) is 5.69 Å². The number of halogens is 3. The maximum absolute atomic E-state index is 12.2. The molecule has 3 nitrogen and oxygen atoms in total. The first-order valence-corrected chi connectivity index (χ1v) is 3.62. The summed E-state index contributed by atoms with van der Waals surface area (Å²) in [6.07, 6.45) is -4.61. The van der Waals surface area contributed by atoms with Crippen molar-refractivity contribution in [2.45, 2.75) is 25.9 Å². The van der Waals surface area contributed by atoms with E-state index in [1.807, 2.05) is 4.98 Å². The molecule has 0 amide bonds. The number of hydrogen-bond donors (Lipinski definition) is 1. The van der Waals surface area contributed by atoms with Crippen molar-refractivity contribution in [2.75, 3.05) is 0 Å². The molecule has 0 saturated carbocycles. The van der Waals surface area contributed by atoms with E-state index in [1.165, 1.54) is 13.8 Å². The highest BCUT2D eigenvalue weighted by molar-refractivity contribution is 5.14. The Balaban J connectivity index is 3.28. The second kappa shape index (κ2) is 2.93. The van der Waals surface area contributed by atoms with Crippen LogP contribution in [0.3, 0.4) is 0 Å². The van der Waals surface area contributed by atoms with Gasteiger partial charge >= 0.3 is 11.9 Å². The summed E-state index contributed by atoms with van der Waals surface area (Å²) in [5, 5.41) is 0. The Morgan fingerprint density at radius 3 is 2.23 bits per heavy atom. The first-order chi connectivity index (χ1) is 5.82. The maximum Gasteiger partial charge on any atom is 0.451 e. The summed E-state index contributed by atoms with van der Waals surface area (Å²) in [5.74, 6) is -2.73. The number of aromatic nitrogens is 1. The van der Waals surface area contributed by atoms with Gasteiger partial charge in [-0.1, -0.05) is 13.8 Å². The van der Waals surface area contributed by atoms with Gasteiger partial charge in [0, 0.05) is 0 Å². The molecule has 0 bridgehead atoms. The van der Waals surface area contributed by atoms with Crippen molar-refractivity contribution in [3.8, 4) is 0 Å². The molecule has 1 aromatic heterocycles. The Labute approximate surface area is 71.6 Å². The fourth-order valence-electron chi connectivity index (χ4n) is 0.957. The highest BCUT2D eigenvalue weighted by Gasteiger charge is 2.39. The fraction of sp³-hybridized carbons (Fsp3) is 0.571. The Morgan fingerprint density at radius 1 is 1.38 bits per heavy atom. The second-order valence-corrected chi connectivity index (χ2v) is 2.91. The summed E-state index contributed by atoms with van der Waals surface area (Å²) < 4.78 is 40.5. The maximum atomic E-state index is 12.2. The van der Waals surface area contributed by atoms with Crippen LogP contribution < -0.4 is 5.76 Å². The zero-order chi connectivity index (χ0) is 10.2. The topological polar surface area (TPSA) is 46.0 Å². The zero-order valence-electron chi connectivity index (χ0n) is 7.03. The van der Waals surface area contributed by atoms with Gasteiger partial charge in [-0.3, -0.25) is 4.98 Å². The van der Waals surface area contributed by atoms with Crippen LogP contribution in [0.15, 0.2) is 9.21 Å². The molecule has 1 aromatic rings. The Morgan fingerprint density at radius 2 is 1.92 bits per heavy atom. The quantitative estimate of drug-likeness (QED) is 0.745. The summed E-state index contributed by atoms with van der Waals surface area (Å²) in [7, 11) is 0. The van der Waals surface area contributed by atoms with Gasteiger partial charge in [-0.05, 0) is 5.92 Å². The highest BCUT2D eigenvalue weighted by Crippen LogP contribution is 2.33. The van der Waals surface area contributed by atoms with Crippen LogP contribution >= 0.6 is 0 Å². The minimum Gasteiger partial charge on any atom is -0.403 e. The molecule has 0 radical (unpaired) electrons. The SMILES string of the molecule is CC(C)c1[nH]c(=O)oc1C(F)(F)F. The van der Waals surface area contributed by atoms with E-state index in [2.05, 4.69) is 4.42 Å². The third kappa shape index (κ3) is 1.93. The summed E-state index contributed by atoms with van der Waals surface area (Å²) in [4.78, 5) is 12.5. The van der Waals surface area contributed by atoms with E-state index in [4.69, 9.17) is 0 Å². The molecule has 1 heterocycles. The van der Waals surface area contributed by atoms with Crippen molar-refractivity contribution in [1.82, 2.24) is 4.98 Å². The minimum atomic E-state index is -4.61. The summed E-state index contributed by atoms with van der Waals surface area (Å²) in [5.41, 5.74) is -0.211. The third-order valence-corrected chi connectivity index (χ3v) is 1.51. The predicted molar refractivity (Wildman–Crippen MR) is 38.4 cm³/mol. The molecule has 0 aliphatic carbocycles. The van der Waals surface area contributed by atoms with Gasteiger partial charge in [0.1, 0.15) is 0 Å². The van der Waals surface area contributed by atoms with Crippen molar-refractivity contribution >= 4 is 0 Å². The molecule has 74 valence electrons. The van der Waals surface area contributed by atoms with Gasteiger partial charge in [0.15, 0.2) is 0 Å². The average molecular weight is 195 g/mol. The fourth-order valence-corrected chi connectivity index (χ4v) is 0.957. The molecule has 1 N–H and O–H groups in total. The number of nitrogens with one attached hydrogen (secondary N) is 1. The summed E-state index contributed by atoms with van der Waals surface area (Å²) in [6, 6.07) is 0. The number of rotatable bonds is 1. The lowest BCUT2D eigenvalue weighted by Gasteiger charge is -2.06. The minimum absolute atomic E-state index is 0.211. The lowest BCUT2D eigenvalue weighted by Crippen LogP contribution is -2.08. The smallest absolute Gasteiger partial charge is 0.403 e. The van der Waals surface area contributed by atoms with E-state index in [0.717, 1.165) is 0 Å². The molecular formula is C7H8F3NO2. The molecule has 0 atom stereocenters. The van der Waals surface area contributed by atoms with E-state index in [0.29, 0.717) is 0 Å². The number of aromatic amines is 1. The summed E-state index contributed by atoms with van der Waals surface area (Å²) >= 11 is 0. The number of oxazole rings is 1. The van der Waals surface area contributed by atoms with Gasteiger partial charge in [-0.25, -0.2) is 4.79 Å². The van der Waals surface area contributed by atoms with Crippen molar-refractivity contribution in [1.29, 1.82) is 0 Å².